The second-order valence-corrected chi connectivity index (χ2v) is 4.55. The summed E-state index contributed by atoms with van der Waals surface area (Å²) in [5.74, 6) is 0. The molecule has 0 spiro atoms. The van der Waals surface area contributed by atoms with E-state index < -0.39 is 0 Å². The summed E-state index contributed by atoms with van der Waals surface area (Å²) in [6.07, 6.45) is 10.0. The van der Waals surface area contributed by atoms with Crippen LogP contribution in [0.25, 0.3) is 21.5 Å². The first kappa shape index (κ1) is 14.6. The van der Waals surface area contributed by atoms with E-state index in [1.165, 1.54) is 21.5 Å². The normalized spacial score (nSPS) is 12.0. The van der Waals surface area contributed by atoms with Gasteiger partial charge in [0, 0.05) is 18.6 Å². The van der Waals surface area contributed by atoms with Crippen LogP contribution in [0.15, 0.2) is 78.9 Å². The largest absolute Gasteiger partial charge is 0.273 e. The maximum Gasteiger partial charge on any atom is 0 e. The van der Waals surface area contributed by atoms with Crippen molar-refractivity contribution >= 4 is 21.5 Å². The van der Waals surface area contributed by atoms with E-state index in [-0.39, 0.29) is 18.6 Å². The van der Waals surface area contributed by atoms with Crippen LogP contribution in [0.4, 0.5) is 0 Å². The summed E-state index contributed by atoms with van der Waals surface area (Å²) in [7, 11) is 0. The van der Waals surface area contributed by atoms with Gasteiger partial charge in [0.05, 0.1) is 0 Å². The molecule has 0 nitrogen and oxygen atoms in total. The number of allylic oxidation sites excluding steroid dienone is 4. The van der Waals surface area contributed by atoms with Crippen molar-refractivity contribution in [2.45, 2.75) is 6.42 Å². The van der Waals surface area contributed by atoms with Gasteiger partial charge in [-0.3, -0.25) is 6.08 Å². The summed E-state index contributed by atoms with van der Waals surface area (Å²) in [6, 6.07) is 21.4. The van der Waals surface area contributed by atoms with Gasteiger partial charge >= 0.3 is 0 Å². The van der Waals surface area contributed by atoms with Crippen LogP contribution in [0, 0.1) is 6.08 Å². The third-order valence-corrected chi connectivity index (χ3v) is 3.20. The second kappa shape index (κ2) is 7.14. The summed E-state index contributed by atoms with van der Waals surface area (Å²) in [6.45, 7) is 0. The maximum atomic E-state index is 2.99. The Labute approximate surface area is 131 Å². The molecule has 1 radical (unpaired) electrons. The summed E-state index contributed by atoms with van der Waals surface area (Å²) in [5.41, 5.74) is 0. The van der Waals surface area contributed by atoms with Gasteiger partial charge < -0.3 is 0 Å². The molecule has 97 valence electrons. The average Bonchev–Trinajstić information content (AvgIpc) is 3.04. The van der Waals surface area contributed by atoms with Crippen molar-refractivity contribution in [1.29, 1.82) is 0 Å². The van der Waals surface area contributed by atoms with Crippen molar-refractivity contribution in [3.8, 4) is 0 Å². The Kier molecular flexibility index (Phi) is 5.23. The fraction of sp³-hybridized carbons (Fsp3) is 0.0526. The van der Waals surface area contributed by atoms with Crippen molar-refractivity contribution in [2.75, 3.05) is 0 Å². The summed E-state index contributed by atoms with van der Waals surface area (Å²) >= 11 is 0. The zero-order chi connectivity index (χ0) is 12.9. The van der Waals surface area contributed by atoms with E-state index in [9.17, 15) is 0 Å². The topological polar surface area (TPSA) is 0 Å². The molecule has 0 N–H and O–H groups in total. The van der Waals surface area contributed by atoms with Crippen LogP contribution < -0.4 is 0 Å². The van der Waals surface area contributed by atoms with E-state index in [2.05, 4.69) is 72.8 Å². The third-order valence-electron chi connectivity index (χ3n) is 3.20. The first-order valence-corrected chi connectivity index (χ1v) is 6.53. The molecule has 0 aromatic heterocycles. The monoisotopic (exact) mass is 294 g/mol. The Morgan fingerprint density at radius 2 is 1.15 bits per heavy atom. The maximum absolute atomic E-state index is 2.99. The molecule has 20 heavy (non-hydrogen) atoms. The van der Waals surface area contributed by atoms with Gasteiger partial charge in [0.2, 0.25) is 0 Å². The number of hydrogen-bond donors (Lipinski definition) is 0. The molecule has 0 saturated carbocycles. The van der Waals surface area contributed by atoms with Crippen molar-refractivity contribution in [3.63, 3.8) is 0 Å². The van der Waals surface area contributed by atoms with Crippen LogP contribution in [0.5, 0.6) is 0 Å². The summed E-state index contributed by atoms with van der Waals surface area (Å²) in [4.78, 5) is 0. The van der Waals surface area contributed by atoms with Gasteiger partial charge in [-0.2, -0.15) is 6.08 Å². The average molecular weight is 294 g/mol. The number of rotatable bonds is 0. The van der Waals surface area contributed by atoms with Crippen molar-refractivity contribution < 1.29 is 18.6 Å². The summed E-state index contributed by atoms with van der Waals surface area (Å²) < 4.78 is 0. The molecule has 0 saturated heterocycles. The predicted octanol–water partition coefficient (Wildman–Crippen LogP) is 5.30. The Morgan fingerprint density at radius 1 is 0.700 bits per heavy atom. The molecule has 1 heteroatoms. The molecule has 4 rings (SSSR count). The van der Waals surface area contributed by atoms with E-state index in [0.29, 0.717) is 0 Å². The van der Waals surface area contributed by atoms with Gasteiger partial charge in [0.1, 0.15) is 0 Å². The van der Waals surface area contributed by atoms with E-state index in [1.54, 1.807) is 0 Å². The van der Waals surface area contributed by atoms with E-state index in [1.807, 2.05) is 12.2 Å². The first-order valence-electron chi connectivity index (χ1n) is 6.53. The van der Waals surface area contributed by atoms with Gasteiger partial charge in [-0.15, -0.1) is 6.42 Å². The summed E-state index contributed by atoms with van der Waals surface area (Å²) in [5, 5.41) is 5.25. The van der Waals surface area contributed by atoms with Crippen LogP contribution in [0.2, 0.25) is 0 Å². The van der Waals surface area contributed by atoms with Crippen LogP contribution in [0.3, 0.4) is 0 Å². The molecular formula is C19H15V-. The van der Waals surface area contributed by atoms with E-state index in [4.69, 9.17) is 0 Å². The zero-order valence-electron chi connectivity index (χ0n) is 11.2. The van der Waals surface area contributed by atoms with Gasteiger partial charge in [-0.1, -0.05) is 48.5 Å². The van der Waals surface area contributed by atoms with Crippen molar-refractivity contribution in [3.05, 3.63) is 85.0 Å². The Morgan fingerprint density at radius 3 is 1.40 bits per heavy atom. The Hall–Kier alpha value is -1.76. The van der Waals surface area contributed by atoms with Gasteiger partial charge in [0.25, 0.3) is 0 Å². The fourth-order valence-corrected chi connectivity index (χ4v) is 2.22. The third kappa shape index (κ3) is 3.42. The Balaban J connectivity index is 0.000000210. The minimum absolute atomic E-state index is 0. The van der Waals surface area contributed by atoms with Gasteiger partial charge in [0.15, 0.2) is 0 Å². The smallest absolute Gasteiger partial charge is 0 e. The molecular weight excluding hydrogens is 279 g/mol. The van der Waals surface area contributed by atoms with Crippen LogP contribution in [0.1, 0.15) is 6.42 Å². The molecule has 0 fully saturated rings. The minimum atomic E-state index is 0. The molecule has 0 bridgehead atoms. The molecule has 3 aromatic carbocycles. The molecule has 1 aliphatic rings. The second-order valence-electron chi connectivity index (χ2n) is 4.55. The minimum Gasteiger partial charge on any atom is -0.273 e. The fourth-order valence-electron chi connectivity index (χ4n) is 2.22. The molecule has 3 aromatic rings. The molecule has 0 atom stereocenters. The van der Waals surface area contributed by atoms with Crippen molar-refractivity contribution in [2.24, 2.45) is 0 Å². The van der Waals surface area contributed by atoms with Gasteiger partial charge in [-0.25, -0.2) is 12.2 Å². The van der Waals surface area contributed by atoms with Crippen LogP contribution in [-0.4, -0.2) is 0 Å². The Bertz CT molecular complexity index is 639. The van der Waals surface area contributed by atoms with Crippen LogP contribution >= 0.6 is 0 Å². The quantitative estimate of drug-likeness (QED) is 0.390. The van der Waals surface area contributed by atoms with Gasteiger partial charge in [-0.05, 0) is 33.7 Å². The van der Waals surface area contributed by atoms with Crippen molar-refractivity contribution in [1.82, 2.24) is 0 Å². The molecule has 0 aliphatic heterocycles. The standard InChI is InChI=1S/C14H10.C5H5.V/c1-2-6-12-10-14-8-4-3-7-13(14)9-11(12)5-1;1-2-4-5-3-1;/h1-10H;1-3H,4H2;/q;-1;. The first-order chi connectivity index (χ1) is 9.43. The molecule has 0 unspecified atom stereocenters. The molecule has 0 heterocycles. The zero-order valence-corrected chi connectivity index (χ0v) is 12.6. The SMILES string of the molecule is [C-]1=CC=CC1.[V].c1ccc2cc3ccccc3cc2c1. The van der Waals surface area contributed by atoms with E-state index in [0.717, 1.165) is 6.42 Å². The predicted molar refractivity (Wildman–Crippen MR) is 83.0 cm³/mol. The number of fused-ring (bicyclic) bond motifs is 2. The van der Waals surface area contributed by atoms with Crippen LogP contribution in [-0.2, 0) is 18.6 Å². The number of hydrogen-bond acceptors (Lipinski definition) is 0. The van der Waals surface area contributed by atoms with E-state index >= 15 is 0 Å². The molecule has 1 aliphatic carbocycles. The number of benzene rings is 3. The molecule has 0 amide bonds.